The van der Waals surface area contributed by atoms with Gasteiger partial charge in [0.2, 0.25) is 6.41 Å². The lowest BCUT2D eigenvalue weighted by Gasteiger charge is -2.10. The highest BCUT2D eigenvalue weighted by Crippen LogP contribution is 1.90. The molecule has 1 unspecified atom stereocenters. The molecule has 0 aliphatic rings. The average molecular weight is 145 g/mol. The molecular formula is C7H15NO2. The SMILES string of the molecule is CCCCOC(C)NC=O. The van der Waals surface area contributed by atoms with Crippen molar-refractivity contribution < 1.29 is 9.53 Å². The van der Waals surface area contributed by atoms with Crippen molar-refractivity contribution in [1.29, 1.82) is 0 Å². The highest BCUT2D eigenvalue weighted by molar-refractivity contribution is 5.46. The van der Waals surface area contributed by atoms with Crippen LogP contribution >= 0.6 is 0 Å². The third-order valence-corrected chi connectivity index (χ3v) is 1.17. The van der Waals surface area contributed by atoms with Gasteiger partial charge in [-0.1, -0.05) is 13.3 Å². The third-order valence-electron chi connectivity index (χ3n) is 1.17. The van der Waals surface area contributed by atoms with Gasteiger partial charge < -0.3 is 10.1 Å². The first-order chi connectivity index (χ1) is 4.81. The molecule has 0 heterocycles. The third kappa shape index (κ3) is 5.56. The molecule has 0 radical (unpaired) electrons. The van der Waals surface area contributed by atoms with Gasteiger partial charge in [-0.2, -0.15) is 0 Å². The molecule has 3 heteroatoms. The lowest BCUT2D eigenvalue weighted by Crippen LogP contribution is -2.27. The Bertz CT molecular complexity index is 85.7. The minimum atomic E-state index is -0.149. The number of hydrogen-bond donors (Lipinski definition) is 1. The van der Waals surface area contributed by atoms with Gasteiger partial charge in [0.05, 0.1) is 0 Å². The number of amides is 1. The Morgan fingerprint density at radius 1 is 1.70 bits per heavy atom. The molecule has 0 fully saturated rings. The van der Waals surface area contributed by atoms with Crippen LogP contribution in [0.15, 0.2) is 0 Å². The first kappa shape index (κ1) is 9.43. The summed E-state index contributed by atoms with van der Waals surface area (Å²) in [5.74, 6) is 0. The molecule has 0 aromatic carbocycles. The summed E-state index contributed by atoms with van der Waals surface area (Å²) in [6.07, 6.45) is 2.67. The predicted octanol–water partition coefficient (Wildman–Crippen LogP) is 0.895. The van der Waals surface area contributed by atoms with Crippen LogP contribution in [0.2, 0.25) is 0 Å². The number of rotatable bonds is 6. The Labute approximate surface area is 61.8 Å². The molecule has 0 saturated carbocycles. The van der Waals surface area contributed by atoms with Gasteiger partial charge in [-0.3, -0.25) is 4.79 Å². The van der Waals surface area contributed by atoms with Crippen molar-refractivity contribution >= 4 is 6.41 Å². The molecule has 0 spiro atoms. The van der Waals surface area contributed by atoms with Gasteiger partial charge in [-0.05, 0) is 13.3 Å². The second kappa shape index (κ2) is 6.55. The van der Waals surface area contributed by atoms with Crippen molar-refractivity contribution in [3.63, 3.8) is 0 Å². The molecule has 0 aliphatic heterocycles. The summed E-state index contributed by atoms with van der Waals surface area (Å²) < 4.78 is 5.18. The molecule has 60 valence electrons. The monoisotopic (exact) mass is 145 g/mol. The minimum Gasteiger partial charge on any atom is -0.359 e. The minimum absolute atomic E-state index is 0.149. The number of carbonyl (C=O) groups excluding carboxylic acids is 1. The standard InChI is InChI=1S/C7H15NO2/c1-3-4-5-10-7(2)8-6-9/h6-7H,3-5H2,1-2H3,(H,8,9). The van der Waals surface area contributed by atoms with Crippen LogP contribution in [0, 0.1) is 0 Å². The average Bonchev–Trinajstić information content (AvgIpc) is 1.89. The van der Waals surface area contributed by atoms with Crippen LogP contribution in [0.3, 0.4) is 0 Å². The van der Waals surface area contributed by atoms with Crippen LogP contribution < -0.4 is 5.32 Å². The summed E-state index contributed by atoms with van der Waals surface area (Å²) in [5, 5.41) is 2.50. The van der Waals surface area contributed by atoms with Crippen molar-refractivity contribution in [3.05, 3.63) is 0 Å². The maximum atomic E-state index is 9.86. The van der Waals surface area contributed by atoms with E-state index in [0.717, 1.165) is 19.4 Å². The Hall–Kier alpha value is -0.570. The Kier molecular flexibility index (Phi) is 6.18. The summed E-state index contributed by atoms with van der Waals surface area (Å²) in [4.78, 5) is 9.86. The summed E-state index contributed by atoms with van der Waals surface area (Å²) in [5.41, 5.74) is 0. The molecule has 0 bridgehead atoms. The molecule has 0 aliphatic carbocycles. The van der Waals surface area contributed by atoms with Gasteiger partial charge in [0.1, 0.15) is 6.23 Å². The van der Waals surface area contributed by atoms with Crippen molar-refractivity contribution in [2.24, 2.45) is 0 Å². The molecule has 1 atom stereocenters. The van der Waals surface area contributed by atoms with Crippen LogP contribution in [0.1, 0.15) is 26.7 Å². The maximum Gasteiger partial charge on any atom is 0.209 e. The van der Waals surface area contributed by atoms with Gasteiger partial charge in [0.25, 0.3) is 0 Å². The van der Waals surface area contributed by atoms with E-state index in [1.807, 2.05) is 6.92 Å². The van der Waals surface area contributed by atoms with E-state index in [9.17, 15) is 4.79 Å². The van der Waals surface area contributed by atoms with Crippen molar-refractivity contribution in [1.82, 2.24) is 5.32 Å². The zero-order valence-corrected chi connectivity index (χ0v) is 6.59. The number of hydrogen-bond acceptors (Lipinski definition) is 2. The van der Waals surface area contributed by atoms with Crippen LogP contribution in [0.4, 0.5) is 0 Å². The van der Waals surface area contributed by atoms with E-state index >= 15 is 0 Å². The maximum absolute atomic E-state index is 9.86. The lowest BCUT2D eigenvalue weighted by molar-refractivity contribution is -0.113. The van der Waals surface area contributed by atoms with Gasteiger partial charge in [-0.25, -0.2) is 0 Å². The molecular weight excluding hydrogens is 130 g/mol. The normalized spacial score (nSPS) is 12.6. The van der Waals surface area contributed by atoms with Gasteiger partial charge in [-0.15, -0.1) is 0 Å². The largest absolute Gasteiger partial charge is 0.359 e. The number of ether oxygens (including phenoxy) is 1. The molecule has 0 aromatic rings. The van der Waals surface area contributed by atoms with E-state index in [-0.39, 0.29) is 6.23 Å². The van der Waals surface area contributed by atoms with Crippen molar-refractivity contribution in [3.8, 4) is 0 Å². The zero-order chi connectivity index (χ0) is 7.82. The fraction of sp³-hybridized carbons (Fsp3) is 0.857. The molecule has 0 saturated heterocycles. The lowest BCUT2D eigenvalue weighted by atomic mass is 10.4. The van der Waals surface area contributed by atoms with E-state index in [1.54, 1.807) is 0 Å². The van der Waals surface area contributed by atoms with E-state index in [4.69, 9.17) is 4.74 Å². The van der Waals surface area contributed by atoms with Crippen LogP contribution in [-0.2, 0) is 9.53 Å². The Morgan fingerprint density at radius 3 is 2.90 bits per heavy atom. The number of nitrogens with one attached hydrogen (secondary N) is 1. The summed E-state index contributed by atoms with van der Waals surface area (Å²) >= 11 is 0. The predicted molar refractivity (Wildman–Crippen MR) is 39.5 cm³/mol. The highest BCUT2D eigenvalue weighted by atomic mass is 16.5. The van der Waals surface area contributed by atoms with Gasteiger partial charge in [0, 0.05) is 6.61 Å². The molecule has 1 N–H and O–H groups in total. The summed E-state index contributed by atoms with van der Waals surface area (Å²) in [6.45, 7) is 4.63. The second-order valence-corrected chi connectivity index (χ2v) is 2.15. The molecule has 3 nitrogen and oxygen atoms in total. The van der Waals surface area contributed by atoms with Gasteiger partial charge >= 0.3 is 0 Å². The highest BCUT2D eigenvalue weighted by Gasteiger charge is 1.95. The number of carbonyl (C=O) groups is 1. The number of unbranched alkanes of at least 4 members (excludes halogenated alkanes) is 1. The van der Waals surface area contributed by atoms with E-state index in [0.29, 0.717) is 6.41 Å². The zero-order valence-electron chi connectivity index (χ0n) is 6.59. The molecule has 0 rings (SSSR count). The Balaban J connectivity index is 3.04. The summed E-state index contributed by atoms with van der Waals surface area (Å²) in [6, 6.07) is 0. The quantitative estimate of drug-likeness (QED) is 0.342. The summed E-state index contributed by atoms with van der Waals surface area (Å²) in [7, 11) is 0. The second-order valence-electron chi connectivity index (χ2n) is 2.15. The fourth-order valence-corrected chi connectivity index (χ4v) is 0.548. The van der Waals surface area contributed by atoms with E-state index < -0.39 is 0 Å². The Morgan fingerprint density at radius 2 is 2.40 bits per heavy atom. The van der Waals surface area contributed by atoms with Crippen LogP contribution in [-0.4, -0.2) is 19.2 Å². The molecule has 0 aromatic heterocycles. The van der Waals surface area contributed by atoms with Crippen molar-refractivity contribution in [2.45, 2.75) is 32.9 Å². The topological polar surface area (TPSA) is 38.3 Å². The molecule has 1 amide bonds. The van der Waals surface area contributed by atoms with Gasteiger partial charge in [0.15, 0.2) is 0 Å². The smallest absolute Gasteiger partial charge is 0.209 e. The first-order valence-electron chi connectivity index (χ1n) is 3.62. The molecule has 10 heavy (non-hydrogen) atoms. The van der Waals surface area contributed by atoms with Crippen molar-refractivity contribution in [2.75, 3.05) is 6.61 Å². The first-order valence-corrected chi connectivity index (χ1v) is 3.62. The van der Waals surface area contributed by atoms with E-state index in [1.165, 1.54) is 0 Å². The van der Waals surface area contributed by atoms with E-state index in [2.05, 4.69) is 12.2 Å². The van der Waals surface area contributed by atoms with Crippen LogP contribution in [0.25, 0.3) is 0 Å². The fourth-order valence-electron chi connectivity index (χ4n) is 0.548. The van der Waals surface area contributed by atoms with Crippen LogP contribution in [0.5, 0.6) is 0 Å².